The Morgan fingerprint density at radius 3 is 2.68 bits per heavy atom. The Bertz CT molecular complexity index is 404. The first-order valence-electron chi connectivity index (χ1n) is 7.25. The van der Waals surface area contributed by atoms with Crippen LogP contribution in [0.5, 0.6) is 0 Å². The van der Waals surface area contributed by atoms with Crippen LogP contribution in [-0.4, -0.2) is 30.8 Å². The zero-order valence-corrected chi connectivity index (χ0v) is 12.1. The number of anilines is 1. The first kappa shape index (κ1) is 14.4. The van der Waals surface area contributed by atoms with Gasteiger partial charge < -0.3 is 15.7 Å². The molecule has 0 aliphatic heterocycles. The molecule has 1 aromatic carbocycles. The summed E-state index contributed by atoms with van der Waals surface area (Å²) in [4.78, 5) is 2.26. The molecule has 19 heavy (non-hydrogen) atoms. The van der Waals surface area contributed by atoms with Crippen LogP contribution in [0.15, 0.2) is 24.3 Å². The van der Waals surface area contributed by atoms with E-state index in [1.807, 2.05) is 0 Å². The van der Waals surface area contributed by atoms with Gasteiger partial charge in [-0.05, 0) is 44.2 Å². The van der Waals surface area contributed by atoms with Gasteiger partial charge in [-0.1, -0.05) is 24.1 Å². The number of benzene rings is 1. The highest BCUT2D eigenvalue weighted by molar-refractivity contribution is 5.46. The van der Waals surface area contributed by atoms with E-state index in [1.165, 1.54) is 11.3 Å². The molecule has 1 aromatic rings. The monoisotopic (exact) mass is 262 g/mol. The van der Waals surface area contributed by atoms with Crippen LogP contribution in [0.1, 0.15) is 31.2 Å². The third kappa shape index (κ3) is 3.28. The topological polar surface area (TPSA) is 49.5 Å². The normalized spacial score (nSPS) is 26.6. The van der Waals surface area contributed by atoms with Gasteiger partial charge >= 0.3 is 0 Å². The van der Waals surface area contributed by atoms with E-state index in [0.717, 1.165) is 32.2 Å². The summed E-state index contributed by atoms with van der Waals surface area (Å²) in [6.07, 6.45) is 4.09. The van der Waals surface area contributed by atoms with Crippen molar-refractivity contribution in [3.63, 3.8) is 0 Å². The molecule has 1 aliphatic rings. The summed E-state index contributed by atoms with van der Waals surface area (Å²) in [7, 11) is 2.11. The van der Waals surface area contributed by atoms with E-state index < -0.39 is 5.60 Å². The average molecular weight is 262 g/mol. The highest BCUT2D eigenvalue weighted by Crippen LogP contribution is 2.37. The first-order chi connectivity index (χ1) is 9.05. The van der Waals surface area contributed by atoms with Gasteiger partial charge in [-0.15, -0.1) is 0 Å². The lowest BCUT2D eigenvalue weighted by molar-refractivity contribution is 0.00896. The molecule has 0 radical (unpaired) electrons. The highest BCUT2D eigenvalue weighted by atomic mass is 16.3. The smallest absolute Gasteiger partial charge is 0.0798 e. The fraction of sp³-hybridized carbons (Fsp3) is 0.625. The Morgan fingerprint density at radius 1 is 1.37 bits per heavy atom. The van der Waals surface area contributed by atoms with Crippen molar-refractivity contribution in [2.45, 2.75) is 38.2 Å². The van der Waals surface area contributed by atoms with Gasteiger partial charge in [0.05, 0.1) is 5.60 Å². The molecule has 0 amide bonds. The first-order valence-corrected chi connectivity index (χ1v) is 7.25. The SMILES string of the molecule is Cc1ccc(N(C)CCC2CCCC2(O)CN)cc1. The molecule has 2 atom stereocenters. The quantitative estimate of drug-likeness (QED) is 0.856. The largest absolute Gasteiger partial charge is 0.388 e. The molecule has 1 saturated carbocycles. The molecular formula is C16H26N2O. The van der Waals surface area contributed by atoms with Crippen LogP contribution < -0.4 is 10.6 Å². The van der Waals surface area contributed by atoms with Crippen molar-refractivity contribution in [2.24, 2.45) is 11.7 Å². The molecule has 3 heteroatoms. The van der Waals surface area contributed by atoms with Gasteiger partial charge in [0.15, 0.2) is 0 Å². The Morgan fingerprint density at radius 2 is 2.05 bits per heavy atom. The molecule has 1 aliphatic carbocycles. The molecule has 0 saturated heterocycles. The summed E-state index contributed by atoms with van der Waals surface area (Å²) in [6, 6.07) is 8.58. The number of aliphatic hydroxyl groups is 1. The highest BCUT2D eigenvalue weighted by Gasteiger charge is 2.39. The molecule has 0 bridgehead atoms. The molecule has 0 spiro atoms. The van der Waals surface area contributed by atoms with Crippen molar-refractivity contribution >= 4 is 5.69 Å². The minimum absolute atomic E-state index is 0.352. The van der Waals surface area contributed by atoms with Crippen LogP contribution in [0.25, 0.3) is 0 Å². The Hall–Kier alpha value is -1.06. The number of nitrogens with zero attached hydrogens (tertiary/aromatic N) is 1. The summed E-state index contributed by atoms with van der Waals surface area (Å²) >= 11 is 0. The molecule has 2 unspecified atom stereocenters. The maximum atomic E-state index is 10.4. The van der Waals surface area contributed by atoms with Gasteiger partial charge in [0, 0.05) is 25.8 Å². The second-order valence-corrected chi connectivity index (χ2v) is 5.94. The molecule has 3 nitrogen and oxygen atoms in total. The van der Waals surface area contributed by atoms with Gasteiger partial charge in [-0.3, -0.25) is 0 Å². The number of hydrogen-bond donors (Lipinski definition) is 2. The van der Waals surface area contributed by atoms with Crippen molar-refractivity contribution in [3.8, 4) is 0 Å². The standard InChI is InChI=1S/C16H26N2O/c1-13-5-7-15(8-6-13)18(2)11-9-14-4-3-10-16(14,19)12-17/h5-8,14,19H,3-4,9-12,17H2,1-2H3. The van der Waals surface area contributed by atoms with Gasteiger partial charge in [0.2, 0.25) is 0 Å². The van der Waals surface area contributed by atoms with Gasteiger partial charge in [-0.25, -0.2) is 0 Å². The van der Waals surface area contributed by atoms with Crippen molar-refractivity contribution in [1.82, 2.24) is 0 Å². The van der Waals surface area contributed by atoms with Gasteiger partial charge in [-0.2, -0.15) is 0 Å². The van der Waals surface area contributed by atoms with Crippen molar-refractivity contribution in [2.75, 3.05) is 25.0 Å². The minimum Gasteiger partial charge on any atom is -0.388 e. The van der Waals surface area contributed by atoms with E-state index in [9.17, 15) is 5.11 Å². The van der Waals surface area contributed by atoms with E-state index in [-0.39, 0.29) is 0 Å². The minimum atomic E-state index is -0.617. The van der Waals surface area contributed by atoms with Gasteiger partial charge in [0.1, 0.15) is 0 Å². The van der Waals surface area contributed by atoms with Crippen molar-refractivity contribution in [3.05, 3.63) is 29.8 Å². The zero-order valence-electron chi connectivity index (χ0n) is 12.1. The fourth-order valence-electron chi connectivity index (χ4n) is 3.09. The second-order valence-electron chi connectivity index (χ2n) is 5.94. The van der Waals surface area contributed by atoms with E-state index in [0.29, 0.717) is 12.5 Å². The third-order valence-corrected chi connectivity index (χ3v) is 4.56. The van der Waals surface area contributed by atoms with Crippen LogP contribution in [0.2, 0.25) is 0 Å². The lowest BCUT2D eigenvalue weighted by atomic mass is 9.88. The van der Waals surface area contributed by atoms with E-state index in [4.69, 9.17) is 5.73 Å². The third-order valence-electron chi connectivity index (χ3n) is 4.56. The van der Waals surface area contributed by atoms with Crippen molar-refractivity contribution < 1.29 is 5.11 Å². The predicted molar refractivity (Wildman–Crippen MR) is 80.4 cm³/mol. The predicted octanol–water partition coefficient (Wildman–Crippen LogP) is 2.31. The maximum absolute atomic E-state index is 10.4. The maximum Gasteiger partial charge on any atom is 0.0798 e. The van der Waals surface area contributed by atoms with E-state index >= 15 is 0 Å². The van der Waals surface area contributed by atoms with Gasteiger partial charge in [0.25, 0.3) is 0 Å². The van der Waals surface area contributed by atoms with E-state index in [1.54, 1.807) is 0 Å². The zero-order chi connectivity index (χ0) is 13.9. The van der Waals surface area contributed by atoms with Crippen LogP contribution in [0.4, 0.5) is 5.69 Å². The lowest BCUT2D eigenvalue weighted by Gasteiger charge is -2.30. The van der Waals surface area contributed by atoms with Crippen LogP contribution in [0, 0.1) is 12.8 Å². The van der Waals surface area contributed by atoms with E-state index in [2.05, 4.69) is 43.1 Å². The molecule has 0 heterocycles. The summed E-state index contributed by atoms with van der Waals surface area (Å²) in [5.74, 6) is 0.352. The summed E-state index contributed by atoms with van der Waals surface area (Å²) in [6.45, 7) is 3.46. The molecule has 3 N–H and O–H groups in total. The summed E-state index contributed by atoms with van der Waals surface area (Å²) in [5, 5.41) is 10.4. The molecular weight excluding hydrogens is 236 g/mol. The number of nitrogens with two attached hydrogens (primary N) is 1. The number of hydrogen-bond acceptors (Lipinski definition) is 3. The molecule has 2 rings (SSSR count). The van der Waals surface area contributed by atoms with Crippen molar-refractivity contribution in [1.29, 1.82) is 0 Å². The average Bonchev–Trinajstić information content (AvgIpc) is 2.79. The second kappa shape index (κ2) is 5.93. The fourth-order valence-corrected chi connectivity index (χ4v) is 3.09. The Kier molecular flexibility index (Phi) is 4.48. The molecule has 0 aromatic heterocycles. The van der Waals surface area contributed by atoms with Crippen LogP contribution in [-0.2, 0) is 0 Å². The van der Waals surface area contributed by atoms with Crippen LogP contribution >= 0.6 is 0 Å². The molecule has 106 valence electrons. The van der Waals surface area contributed by atoms with Crippen LogP contribution in [0.3, 0.4) is 0 Å². The number of rotatable bonds is 5. The summed E-state index contributed by atoms with van der Waals surface area (Å²) < 4.78 is 0. The summed E-state index contributed by atoms with van der Waals surface area (Å²) in [5.41, 5.74) is 7.63. The lowest BCUT2D eigenvalue weighted by Crippen LogP contribution is -2.42. The Balaban J connectivity index is 1.90. The number of aryl methyl sites for hydroxylation is 1. The Labute approximate surface area is 116 Å². The molecule has 1 fully saturated rings.